The first-order valence-electron chi connectivity index (χ1n) is 11.2. The molecule has 0 radical (unpaired) electrons. The van der Waals surface area contributed by atoms with Gasteiger partial charge in [0.25, 0.3) is 5.56 Å². The molecule has 34 heavy (non-hydrogen) atoms. The smallest absolute Gasteiger partial charge is 0.332 e. The number of aliphatic hydroxyl groups excluding tert-OH is 1. The third kappa shape index (κ3) is 4.52. The van der Waals surface area contributed by atoms with Gasteiger partial charge in [-0.15, -0.1) is 0 Å². The molecular weight excluding hydrogens is 444 g/mol. The summed E-state index contributed by atoms with van der Waals surface area (Å²) in [5.74, 6) is 0.113. The largest absolute Gasteiger partial charge is 0.504 e. The molecule has 1 atom stereocenters. The SMILES string of the molecule is Cn1c(=O)c2c(nc(N3CCOCC3)n2CCCNC[C@@H](O)c2ccc(O)c(O)c2)n(C)c1=O. The van der Waals surface area contributed by atoms with E-state index in [4.69, 9.17) is 4.74 Å². The number of morpholine rings is 1. The number of anilines is 1. The molecule has 1 saturated heterocycles. The second-order valence-corrected chi connectivity index (χ2v) is 8.36. The van der Waals surface area contributed by atoms with E-state index >= 15 is 0 Å². The molecule has 12 heteroatoms. The van der Waals surface area contributed by atoms with Gasteiger partial charge in [-0.3, -0.25) is 13.9 Å². The molecular formula is C22H30N6O6. The molecule has 2 aromatic heterocycles. The lowest BCUT2D eigenvalue weighted by molar-refractivity contribution is 0.121. The number of benzene rings is 1. The monoisotopic (exact) mass is 474 g/mol. The van der Waals surface area contributed by atoms with Crippen molar-refractivity contribution in [3.63, 3.8) is 0 Å². The van der Waals surface area contributed by atoms with Gasteiger partial charge in [-0.05, 0) is 30.7 Å². The Morgan fingerprint density at radius 3 is 2.56 bits per heavy atom. The quantitative estimate of drug-likeness (QED) is 0.248. The molecule has 1 fully saturated rings. The number of imidazole rings is 1. The second-order valence-electron chi connectivity index (χ2n) is 8.36. The van der Waals surface area contributed by atoms with Crippen LogP contribution in [0.25, 0.3) is 11.2 Å². The van der Waals surface area contributed by atoms with Gasteiger partial charge in [0.2, 0.25) is 5.95 Å². The Morgan fingerprint density at radius 2 is 1.85 bits per heavy atom. The Labute approximate surface area is 195 Å². The predicted molar refractivity (Wildman–Crippen MR) is 125 cm³/mol. The molecule has 184 valence electrons. The minimum absolute atomic E-state index is 0.240. The number of aromatic nitrogens is 4. The highest BCUT2D eigenvalue weighted by Crippen LogP contribution is 2.27. The third-order valence-electron chi connectivity index (χ3n) is 6.08. The van der Waals surface area contributed by atoms with E-state index in [1.54, 1.807) is 13.1 Å². The lowest BCUT2D eigenvalue weighted by atomic mass is 10.1. The Kier molecular flexibility index (Phi) is 6.91. The molecule has 3 heterocycles. The zero-order valence-corrected chi connectivity index (χ0v) is 19.3. The third-order valence-corrected chi connectivity index (χ3v) is 6.08. The van der Waals surface area contributed by atoms with Crippen LogP contribution in [0.1, 0.15) is 18.1 Å². The van der Waals surface area contributed by atoms with E-state index in [2.05, 4.69) is 15.2 Å². The molecule has 0 bridgehead atoms. The fourth-order valence-corrected chi connectivity index (χ4v) is 4.12. The van der Waals surface area contributed by atoms with E-state index in [1.165, 1.54) is 23.7 Å². The molecule has 1 aliphatic heterocycles. The molecule has 1 aliphatic rings. The van der Waals surface area contributed by atoms with Crippen LogP contribution in [0.2, 0.25) is 0 Å². The number of aliphatic hydroxyl groups is 1. The first kappa shape index (κ1) is 23.8. The van der Waals surface area contributed by atoms with Gasteiger partial charge in [-0.2, -0.15) is 4.98 Å². The highest BCUT2D eigenvalue weighted by Gasteiger charge is 2.23. The van der Waals surface area contributed by atoms with Gasteiger partial charge in [0, 0.05) is 40.3 Å². The molecule has 0 aliphatic carbocycles. The number of hydrogen-bond acceptors (Lipinski definition) is 9. The highest BCUT2D eigenvalue weighted by molar-refractivity contribution is 5.74. The van der Waals surface area contributed by atoms with Crippen LogP contribution in [0.15, 0.2) is 27.8 Å². The fraction of sp³-hybridized carbons (Fsp3) is 0.500. The van der Waals surface area contributed by atoms with E-state index < -0.39 is 11.8 Å². The summed E-state index contributed by atoms with van der Waals surface area (Å²) < 4.78 is 9.78. The summed E-state index contributed by atoms with van der Waals surface area (Å²) in [5.41, 5.74) is 0.408. The van der Waals surface area contributed by atoms with Gasteiger partial charge in [0.1, 0.15) is 0 Å². The molecule has 4 rings (SSSR count). The number of aromatic hydroxyl groups is 2. The van der Waals surface area contributed by atoms with Crippen molar-refractivity contribution in [2.45, 2.75) is 19.1 Å². The van der Waals surface area contributed by atoms with Crippen LogP contribution in [0.5, 0.6) is 11.5 Å². The molecule has 0 unspecified atom stereocenters. The van der Waals surface area contributed by atoms with Gasteiger partial charge in [-0.1, -0.05) is 6.07 Å². The molecule has 3 aromatic rings. The lowest BCUT2D eigenvalue weighted by Crippen LogP contribution is -2.39. The van der Waals surface area contributed by atoms with Crippen molar-refractivity contribution >= 4 is 17.1 Å². The van der Waals surface area contributed by atoms with Gasteiger partial charge in [0.05, 0.1) is 19.3 Å². The van der Waals surface area contributed by atoms with E-state index in [1.807, 2.05) is 4.57 Å². The maximum atomic E-state index is 13.0. The Morgan fingerprint density at radius 1 is 1.12 bits per heavy atom. The maximum Gasteiger partial charge on any atom is 0.332 e. The number of fused-ring (bicyclic) bond motifs is 1. The molecule has 0 saturated carbocycles. The summed E-state index contributed by atoms with van der Waals surface area (Å²) in [6.45, 7) is 3.69. The van der Waals surface area contributed by atoms with Gasteiger partial charge >= 0.3 is 5.69 Å². The lowest BCUT2D eigenvalue weighted by Gasteiger charge is -2.28. The standard InChI is InChI=1S/C22H30N6O6/c1-25-19-18(20(32)26(2)22(25)33)28(21(24-19)27-8-10-34-11-9-27)7-3-6-23-13-17(31)14-4-5-15(29)16(30)12-14/h4-5,12,17,23,29-31H,3,6-11,13H2,1-2H3/t17-/m1/s1. The normalized spacial score (nSPS) is 15.2. The number of ether oxygens (including phenoxy) is 1. The van der Waals surface area contributed by atoms with Crippen LogP contribution < -0.4 is 21.5 Å². The number of phenolic OH excluding ortho intramolecular Hbond substituents is 2. The van der Waals surface area contributed by atoms with Crippen molar-refractivity contribution in [2.75, 3.05) is 44.3 Å². The van der Waals surface area contributed by atoms with Gasteiger partial charge in [0.15, 0.2) is 22.7 Å². The molecule has 0 amide bonds. The fourth-order valence-electron chi connectivity index (χ4n) is 4.12. The maximum absolute atomic E-state index is 13.0. The zero-order chi connectivity index (χ0) is 24.4. The Hall–Kier alpha value is -3.35. The summed E-state index contributed by atoms with van der Waals surface area (Å²) in [4.78, 5) is 32.1. The minimum Gasteiger partial charge on any atom is -0.504 e. The second kappa shape index (κ2) is 9.87. The van der Waals surface area contributed by atoms with Crippen LogP contribution in [-0.2, 0) is 25.4 Å². The van der Waals surface area contributed by atoms with E-state index in [9.17, 15) is 24.9 Å². The van der Waals surface area contributed by atoms with Crippen molar-refractivity contribution < 1.29 is 20.1 Å². The summed E-state index contributed by atoms with van der Waals surface area (Å²) in [6, 6.07) is 4.21. The summed E-state index contributed by atoms with van der Waals surface area (Å²) >= 11 is 0. The number of nitrogens with zero attached hydrogens (tertiary/aromatic N) is 5. The Balaban J connectivity index is 1.49. The number of aryl methyl sites for hydroxylation is 2. The summed E-state index contributed by atoms with van der Waals surface area (Å²) in [5, 5.41) is 32.5. The van der Waals surface area contributed by atoms with Crippen LogP contribution >= 0.6 is 0 Å². The average molecular weight is 475 g/mol. The zero-order valence-electron chi connectivity index (χ0n) is 19.3. The average Bonchev–Trinajstić information content (AvgIpc) is 3.23. The predicted octanol–water partition coefficient (Wildman–Crippen LogP) is -0.605. The minimum atomic E-state index is -0.855. The summed E-state index contributed by atoms with van der Waals surface area (Å²) in [6.07, 6.45) is -0.214. The number of rotatable bonds is 8. The van der Waals surface area contributed by atoms with E-state index in [-0.39, 0.29) is 23.6 Å². The van der Waals surface area contributed by atoms with Gasteiger partial charge in [-0.25, -0.2) is 4.79 Å². The Bertz CT molecular complexity index is 1290. The van der Waals surface area contributed by atoms with Gasteiger partial charge < -0.3 is 34.8 Å². The molecule has 0 spiro atoms. The van der Waals surface area contributed by atoms with E-state index in [0.717, 1.165) is 4.57 Å². The highest BCUT2D eigenvalue weighted by atomic mass is 16.5. The molecule has 12 nitrogen and oxygen atoms in total. The first-order chi connectivity index (χ1) is 16.3. The van der Waals surface area contributed by atoms with Crippen molar-refractivity contribution in [1.29, 1.82) is 0 Å². The molecule has 4 N–H and O–H groups in total. The van der Waals surface area contributed by atoms with Crippen LogP contribution in [0, 0.1) is 0 Å². The van der Waals surface area contributed by atoms with Crippen molar-refractivity contribution in [3.05, 3.63) is 44.6 Å². The number of hydrogen-bond donors (Lipinski definition) is 4. The van der Waals surface area contributed by atoms with Crippen molar-refractivity contribution in [2.24, 2.45) is 14.1 Å². The summed E-state index contributed by atoms with van der Waals surface area (Å²) in [7, 11) is 3.06. The van der Waals surface area contributed by atoms with Crippen molar-refractivity contribution in [3.8, 4) is 11.5 Å². The molecule has 1 aromatic carbocycles. The number of nitrogens with one attached hydrogen (secondary N) is 1. The topological polar surface area (TPSA) is 147 Å². The van der Waals surface area contributed by atoms with Crippen LogP contribution in [0.4, 0.5) is 5.95 Å². The first-order valence-corrected chi connectivity index (χ1v) is 11.2. The van der Waals surface area contributed by atoms with Crippen molar-refractivity contribution in [1.82, 2.24) is 24.0 Å². The van der Waals surface area contributed by atoms with Crippen LogP contribution in [0.3, 0.4) is 0 Å². The van der Waals surface area contributed by atoms with E-state index in [0.29, 0.717) is 68.5 Å². The van der Waals surface area contributed by atoms with Crippen LogP contribution in [-0.4, -0.2) is 73.4 Å². The number of phenols is 2.